The van der Waals surface area contributed by atoms with Crippen molar-refractivity contribution in [1.82, 2.24) is 0 Å². The summed E-state index contributed by atoms with van der Waals surface area (Å²) in [6.45, 7) is -0.250. The highest BCUT2D eigenvalue weighted by molar-refractivity contribution is 8.77. The Labute approximate surface area is 56.4 Å². The van der Waals surface area contributed by atoms with Crippen LogP contribution in [0.2, 0.25) is 0 Å². The second-order valence-electron chi connectivity index (χ2n) is 1.10. The third-order valence-corrected chi connectivity index (χ3v) is 3.12. The van der Waals surface area contributed by atoms with Gasteiger partial charge in [-0.1, -0.05) is 21.6 Å². The molecule has 0 amide bonds. The summed E-state index contributed by atoms with van der Waals surface area (Å²) in [6.07, 6.45) is 1.43. The molecule has 0 saturated carbocycles. The molecule has 1 N–H and O–H groups in total. The van der Waals surface area contributed by atoms with Gasteiger partial charge in [-0.3, -0.25) is 4.79 Å². The van der Waals surface area contributed by atoms with Gasteiger partial charge in [0, 0.05) is 11.5 Å². The summed E-state index contributed by atoms with van der Waals surface area (Å²) in [5, 5.41) is 6.89. The van der Waals surface area contributed by atoms with Gasteiger partial charge in [0.1, 0.15) is 0 Å². The number of hydrogen-bond acceptors (Lipinski definition) is 3. The number of carboxylic acid groups (broad SMARTS) is 1. The lowest BCUT2D eigenvalue weighted by atomic mass is 10.6. The topological polar surface area (TPSA) is 37.3 Å². The van der Waals surface area contributed by atoms with Crippen LogP contribution in [0, 0.1) is 0 Å². The maximum Gasteiger partial charge on any atom is 0.290 e. The molecule has 1 aliphatic rings. The largest absolute Gasteiger partial charge is 0.483 e. The SMILES string of the molecule is C1CSSC1.O=CO. The first kappa shape index (κ1) is 8.17. The maximum absolute atomic E-state index is 8.36. The van der Waals surface area contributed by atoms with Crippen molar-refractivity contribution in [1.29, 1.82) is 0 Å². The minimum Gasteiger partial charge on any atom is -0.483 e. The molecular weight excluding hydrogens is 144 g/mol. The molecule has 2 nitrogen and oxygen atoms in total. The van der Waals surface area contributed by atoms with E-state index in [0.29, 0.717) is 0 Å². The molecular formula is C4H8O2S2. The lowest BCUT2D eigenvalue weighted by Crippen LogP contribution is -1.63. The average molecular weight is 152 g/mol. The fraction of sp³-hybridized carbons (Fsp3) is 0.750. The summed E-state index contributed by atoms with van der Waals surface area (Å²) in [4.78, 5) is 8.36. The van der Waals surface area contributed by atoms with Crippen molar-refractivity contribution in [2.75, 3.05) is 11.5 Å². The Morgan fingerprint density at radius 3 is 1.88 bits per heavy atom. The van der Waals surface area contributed by atoms with Gasteiger partial charge in [-0.05, 0) is 6.42 Å². The highest BCUT2D eigenvalue weighted by Crippen LogP contribution is 2.29. The third-order valence-electron chi connectivity index (χ3n) is 0.539. The summed E-state index contributed by atoms with van der Waals surface area (Å²) >= 11 is 0. The molecule has 1 saturated heterocycles. The van der Waals surface area contributed by atoms with E-state index in [9.17, 15) is 0 Å². The molecule has 0 aromatic carbocycles. The minimum atomic E-state index is -0.250. The quantitative estimate of drug-likeness (QED) is 0.421. The Bertz CT molecular complexity index is 46.4. The van der Waals surface area contributed by atoms with E-state index < -0.39 is 0 Å². The second kappa shape index (κ2) is 7.17. The molecule has 1 fully saturated rings. The van der Waals surface area contributed by atoms with E-state index in [1.165, 1.54) is 17.9 Å². The predicted octanol–water partition coefficient (Wildman–Crippen LogP) is 1.47. The molecule has 4 heteroatoms. The van der Waals surface area contributed by atoms with Crippen LogP contribution in [0.25, 0.3) is 0 Å². The smallest absolute Gasteiger partial charge is 0.290 e. The van der Waals surface area contributed by atoms with Gasteiger partial charge in [-0.2, -0.15) is 0 Å². The van der Waals surface area contributed by atoms with E-state index in [1.54, 1.807) is 0 Å². The van der Waals surface area contributed by atoms with Crippen molar-refractivity contribution in [3.8, 4) is 0 Å². The Balaban J connectivity index is 0.000000145. The molecule has 1 rings (SSSR count). The fourth-order valence-corrected chi connectivity index (χ4v) is 2.65. The van der Waals surface area contributed by atoms with Crippen molar-refractivity contribution < 1.29 is 9.90 Å². The van der Waals surface area contributed by atoms with Crippen LogP contribution in [-0.4, -0.2) is 23.1 Å². The lowest BCUT2D eigenvalue weighted by Gasteiger charge is -1.69. The van der Waals surface area contributed by atoms with Gasteiger partial charge in [-0.15, -0.1) is 0 Å². The zero-order chi connectivity index (χ0) is 6.24. The Hall–Kier alpha value is 0.170. The zero-order valence-electron chi connectivity index (χ0n) is 4.37. The first-order valence-corrected chi connectivity index (χ1v) is 4.73. The van der Waals surface area contributed by atoms with Crippen molar-refractivity contribution in [3.63, 3.8) is 0 Å². The van der Waals surface area contributed by atoms with Gasteiger partial charge >= 0.3 is 0 Å². The molecule has 0 spiro atoms. The minimum absolute atomic E-state index is 0.250. The standard InChI is InChI=1S/C3H6S2.CH2O2/c1-2-4-5-3-1;2-1-3/h1-3H2;1H,(H,2,3). The molecule has 8 heavy (non-hydrogen) atoms. The van der Waals surface area contributed by atoms with Crippen molar-refractivity contribution in [2.45, 2.75) is 6.42 Å². The predicted molar refractivity (Wildman–Crippen MR) is 38.2 cm³/mol. The normalized spacial score (nSPS) is 16.5. The molecule has 48 valence electrons. The lowest BCUT2D eigenvalue weighted by molar-refractivity contribution is -0.122. The Morgan fingerprint density at radius 2 is 1.75 bits per heavy atom. The van der Waals surface area contributed by atoms with Crippen molar-refractivity contribution >= 4 is 28.1 Å². The molecule has 1 heterocycles. The zero-order valence-corrected chi connectivity index (χ0v) is 6.00. The summed E-state index contributed by atoms with van der Waals surface area (Å²) in [7, 11) is 3.98. The van der Waals surface area contributed by atoms with Gasteiger partial charge in [0.2, 0.25) is 0 Å². The number of hydrogen-bond donors (Lipinski definition) is 1. The van der Waals surface area contributed by atoms with Crippen LogP contribution in [-0.2, 0) is 4.79 Å². The third kappa shape index (κ3) is 6.17. The molecule has 0 aliphatic carbocycles. The van der Waals surface area contributed by atoms with E-state index in [1.807, 2.05) is 21.6 Å². The van der Waals surface area contributed by atoms with E-state index >= 15 is 0 Å². The summed E-state index contributed by atoms with van der Waals surface area (Å²) in [6, 6.07) is 0. The van der Waals surface area contributed by atoms with Gasteiger partial charge in [-0.25, -0.2) is 0 Å². The van der Waals surface area contributed by atoms with Crippen molar-refractivity contribution in [2.24, 2.45) is 0 Å². The van der Waals surface area contributed by atoms with Crippen molar-refractivity contribution in [3.05, 3.63) is 0 Å². The molecule has 0 unspecified atom stereocenters. The Kier molecular flexibility index (Phi) is 7.32. The van der Waals surface area contributed by atoms with Crippen LogP contribution in [0.1, 0.15) is 6.42 Å². The van der Waals surface area contributed by atoms with Gasteiger partial charge < -0.3 is 5.11 Å². The van der Waals surface area contributed by atoms with E-state index in [4.69, 9.17) is 9.90 Å². The molecule has 0 atom stereocenters. The molecule has 1 aliphatic heterocycles. The highest BCUT2D eigenvalue weighted by Gasteiger charge is 1.96. The molecule has 0 aromatic heterocycles. The van der Waals surface area contributed by atoms with Gasteiger partial charge in [0.15, 0.2) is 0 Å². The van der Waals surface area contributed by atoms with E-state index in [2.05, 4.69) is 0 Å². The first-order valence-electron chi connectivity index (χ1n) is 2.24. The number of carbonyl (C=O) groups is 1. The summed E-state index contributed by atoms with van der Waals surface area (Å²) in [5.41, 5.74) is 0. The molecule has 0 radical (unpaired) electrons. The number of rotatable bonds is 0. The molecule has 0 bridgehead atoms. The highest BCUT2D eigenvalue weighted by atomic mass is 33.1. The first-order chi connectivity index (χ1) is 3.91. The average Bonchev–Trinajstić information content (AvgIpc) is 2.17. The van der Waals surface area contributed by atoms with Crippen LogP contribution in [0.4, 0.5) is 0 Å². The van der Waals surface area contributed by atoms with Crippen LogP contribution >= 0.6 is 21.6 Å². The monoisotopic (exact) mass is 152 g/mol. The van der Waals surface area contributed by atoms with Crippen LogP contribution in [0.3, 0.4) is 0 Å². The second-order valence-corrected chi connectivity index (χ2v) is 3.81. The van der Waals surface area contributed by atoms with E-state index in [-0.39, 0.29) is 6.47 Å². The van der Waals surface area contributed by atoms with Gasteiger partial charge in [0.25, 0.3) is 6.47 Å². The van der Waals surface area contributed by atoms with Crippen LogP contribution in [0.15, 0.2) is 0 Å². The maximum atomic E-state index is 8.36. The molecule has 0 aromatic rings. The van der Waals surface area contributed by atoms with Crippen LogP contribution < -0.4 is 0 Å². The fourth-order valence-electron chi connectivity index (χ4n) is 0.295. The summed E-state index contributed by atoms with van der Waals surface area (Å²) < 4.78 is 0. The Morgan fingerprint density at radius 1 is 1.38 bits per heavy atom. The summed E-state index contributed by atoms with van der Waals surface area (Å²) in [5.74, 6) is 2.76. The van der Waals surface area contributed by atoms with E-state index in [0.717, 1.165) is 0 Å². The van der Waals surface area contributed by atoms with Crippen LogP contribution in [0.5, 0.6) is 0 Å². The van der Waals surface area contributed by atoms with Gasteiger partial charge in [0.05, 0.1) is 0 Å².